The first-order valence-corrected chi connectivity index (χ1v) is 9.14. The highest BCUT2D eigenvalue weighted by Gasteiger charge is 2.21. The second kappa shape index (κ2) is 8.38. The number of hydrogen-bond acceptors (Lipinski definition) is 6. The van der Waals surface area contributed by atoms with E-state index < -0.39 is 6.10 Å². The Bertz CT molecular complexity index is 1090. The number of aromatic amines is 1. The van der Waals surface area contributed by atoms with E-state index in [1.807, 2.05) is 31.3 Å². The Balaban J connectivity index is 1.74. The molecule has 0 fully saturated rings. The highest BCUT2D eigenvalue weighted by atomic mass is 19.1. The first-order valence-electron chi connectivity index (χ1n) is 9.14. The van der Waals surface area contributed by atoms with Crippen LogP contribution in [0.25, 0.3) is 5.52 Å². The van der Waals surface area contributed by atoms with Crippen LogP contribution in [0.4, 0.5) is 16.0 Å². The first-order chi connectivity index (χ1) is 14.1. The Morgan fingerprint density at radius 1 is 1.21 bits per heavy atom. The Kier molecular flexibility index (Phi) is 5.50. The summed E-state index contributed by atoms with van der Waals surface area (Å²) in [6.07, 6.45) is 1.25. The molecule has 0 bridgehead atoms. The van der Waals surface area contributed by atoms with Gasteiger partial charge in [0.05, 0.1) is 13.2 Å². The van der Waals surface area contributed by atoms with Crippen LogP contribution in [0.2, 0.25) is 0 Å². The van der Waals surface area contributed by atoms with Crippen molar-refractivity contribution in [2.24, 2.45) is 0 Å². The summed E-state index contributed by atoms with van der Waals surface area (Å²) in [5, 5.41) is 14.9. The first kappa shape index (κ1) is 19.0. The van der Waals surface area contributed by atoms with E-state index in [9.17, 15) is 4.39 Å². The minimum Gasteiger partial charge on any atom is -0.382 e. The Hall–Kier alpha value is -3.30. The van der Waals surface area contributed by atoms with E-state index in [0.29, 0.717) is 30.7 Å². The summed E-state index contributed by atoms with van der Waals surface area (Å²) in [4.78, 5) is 4.70. The number of aromatic nitrogens is 5. The topological polar surface area (TPSA) is 89.4 Å². The van der Waals surface area contributed by atoms with Crippen LogP contribution < -0.4 is 5.32 Å². The smallest absolute Gasteiger partial charge is 0.184 e. The van der Waals surface area contributed by atoms with Crippen molar-refractivity contribution in [2.45, 2.75) is 13.0 Å². The van der Waals surface area contributed by atoms with Crippen LogP contribution in [-0.4, -0.2) is 45.1 Å². The summed E-state index contributed by atoms with van der Waals surface area (Å²) in [6.45, 7) is 2.68. The van der Waals surface area contributed by atoms with Crippen LogP contribution >= 0.6 is 0 Å². The number of aryl methyl sites for hydroxylation is 1. The maximum absolute atomic E-state index is 13.4. The second-order valence-corrected chi connectivity index (χ2v) is 6.51. The van der Waals surface area contributed by atoms with Gasteiger partial charge in [-0.2, -0.15) is 5.10 Å². The summed E-state index contributed by atoms with van der Waals surface area (Å²) in [5.41, 5.74) is 2.47. The van der Waals surface area contributed by atoms with Gasteiger partial charge in [-0.15, -0.1) is 5.10 Å². The van der Waals surface area contributed by atoms with Crippen molar-refractivity contribution < 1.29 is 13.9 Å². The van der Waals surface area contributed by atoms with Crippen molar-refractivity contribution in [2.75, 3.05) is 25.6 Å². The molecule has 150 valence electrons. The zero-order valence-electron chi connectivity index (χ0n) is 16.1. The van der Waals surface area contributed by atoms with Crippen molar-refractivity contribution in [1.82, 2.24) is 24.8 Å². The van der Waals surface area contributed by atoms with Gasteiger partial charge in [0.1, 0.15) is 17.4 Å². The number of halogens is 1. The maximum atomic E-state index is 13.4. The van der Waals surface area contributed by atoms with Gasteiger partial charge in [0.25, 0.3) is 0 Å². The minimum absolute atomic E-state index is 0.317. The Labute approximate surface area is 166 Å². The summed E-state index contributed by atoms with van der Waals surface area (Å²) in [5.74, 6) is 1.36. The fourth-order valence-corrected chi connectivity index (χ4v) is 2.96. The Morgan fingerprint density at radius 2 is 2.03 bits per heavy atom. The van der Waals surface area contributed by atoms with Gasteiger partial charge in [0.15, 0.2) is 17.5 Å². The number of anilines is 2. The van der Waals surface area contributed by atoms with Crippen LogP contribution in [0.5, 0.6) is 0 Å². The molecule has 3 aromatic heterocycles. The minimum atomic E-state index is -0.584. The van der Waals surface area contributed by atoms with Gasteiger partial charge in [-0.25, -0.2) is 13.9 Å². The average Bonchev–Trinajstić information content (AvgIpc) is 3.35. The van der Waals surface area contributed by atoms with Crippen LogP contribution in [0.1, 0.15) is 23.2 Å². The molecule has 0 radical (unpaired) electrons. The molecule has 3 heterocycles. The fourth-order valence-electron chi connectivity index (χ4n) is 2.96. The molecular weight excluding hydrogens is 375 g/mol. The molecule has 29 heavy (non-hydrogen) atoms. The van der Waals surface area contributed by atoms with Crippen molar-refractivity contribution >= 4 is 17.2 Å². The standard InChI is InChI=1S/C20H21FN6O2/c1-13-12-17(25-24-13)22-19-16-4-3-9-27(16)26-20(23-19)18(29-11-10-28-2)14-5-7-15(21)8-6-14/h3-9,12,18H,10-11H2,1-2H3,(H2,22,23,24,25,26). The largest absolute Gasteiger partial charge is 0.382 e. The summed E-state index contributed by atoms with van der Waals surface area (Å²) < 4.78 is 26.2. The quantitative estimate of drug-likeness (QED) is 0.444. The van der Waals surface area contributed by atoms with Crippen molar-refractivity contribution in [3.8, 4) is 0 Å². The predicted molar refractivity (Wildman–Crippen MR) is 106 cm³/mol. The molecule has 0 aliphatic carbocycles. The SMILES string of the molecule is COCCOC(c1ccc(F)cc1)c1nc(Nc2cc(C)[nH]n2)c2cccn2n1. The van der Waals surface area contributed by atoms with Crippen LogP contribution in [0.3, 0.4) is 0 Å². The van der Waals surface area contributed by atoms with Gasteiger partial charge >= 0.3 is 0 Å². The van der Waals surface area contributed by atoms with E-state index in [0.717, 1.165) is 16.8 Å². The number of ether oxygens (including phenoxy) is 2. The molecule has 9 heteroatoms. The number of nitrogens with one attached hydrogen (secondary N) is 2. The lowest BCUT2D eigenvalue weighted by atomic mass is 10.1. The molecule has 0 saturated carbocycles. The van der Waals surface area contributed by atoms with Gasteiger partial charge in [0.2, 0.25) is 0 Å². The average molecular weight is 396 g/mol. The normalized spacial score (nSPS) is 12.4. The van der Waals surface area contributed by atoms with Gasteiger partial charge in [-0.1, -0.05) is 12.1 Å². The number of benzene rings is 1. The molecule has 0 saturated heterocycles. The maximum Gasteiger partial charge on any atom is 0.184 e. The molecule has 1 unspecified atom stereocenters. The molecule has 0 aliphatic rings. The van der Waals surface area contributed by atoms with Crippen molar-refractivity contribution in [3.63, 3.8) is 0 Å². The molecule has 0 aliphatic heterocycles. The fraction of sp³-hybridized carbons (Fsp3) is 0.250. The van der Waals surface area contributed by atoms with Crippen LogP contribution in [0.15, 0.2) is 48.7 Å². The molecule has 0 spiro atoms. The van der Waals surface area contributed by atoms with E-state index in [1.165, 1.54) is 12.1 Å². The van der Waals surface area contributed by atoms with Crippen LogP contribution in [-0.2, 0) is 9.47 Å². The molecule has 0 amide bonds. The van der Waals surface area contributed by atoms with Crippen molar-refractivity contribution in [3.05, 3.63) is 71.6 Å². The van der Waals surface area contributed by atoms with Gasteiger partial charge < -0.3 is 14.8 Å². The van der Waals surface area contributed by atoms with E-state index in [1.54, 1.807) is 23.8 Å². The second-order valence-electron chi connectivity index (χ2n) is 6.51. The molecule has 1 atom stereocenters. The summed E-state index contributed by atoms with van der Waals surface area (Å²) in [7, 11) is 1.60. The molecule has 8 nitrogen and oxygen atoms in total. The summed E-state index contributed by atoms with van der Waals surface area (Å²) in [6, 6.07) is 11.8. The van der Waals surface area contributed by atoms with Gasteiger partial charge in [-0.05, 0) is 36.8 Å². The van der Waals surface area contributed by atoms with Crippen LogP contribution in [0, 0.1) is 12.7 Å². The number of rotatable bonds is 8. The van der Waals surface area contributed by atoms with E-state index in [2.05, 4.69) is 20.6 Å². The molecule has 4 rings (SSSR count). The molecular formula is C20H21FN6O2. The molecule has 1 aromatic carbocycles. The highest BCUT2D eigenvalue weighted by Crippen LogP contribution is 2.27. The molecule has 2 N–H and O–H groups in total. The molecule has 4 aromatic rings. The lowest BCUT2D eigenvalue weighted by Gasteiger charge is -2.18. The van der Waals surface area contributed by atoms with Crippen molar-refractivity contribution in [1.29, 1.82) is 0 Å². The zero-order valence-corrected chi connectivity index (χ0v) is 16.1. The number of H-pyrrole nitrogens is 1. The monoisotopic (exact) mass is 396 g/mol. The number of methoxy groups -OCH3 is 1. The lowest BCUT2D eigenvalue weighted by molar-refractivity contribution is 0.0312. The van der Waals surface area contributed by atoms with E-state index in [-0.39, 0.29) is 5.82 Å². The third kappa shape index (κ3) is 4.25. The third-order valence-corrected chi connectivity index (χ3v) is 4.34. The zero-order chi connectivity index (χ0) is 20.2. The lowest BCUT2D eigenvalue weighted by Crippen LogP contribution is -2.16. The third-order valence-electron chi connectivity index (χ3n) is 4.34. The number of fused-ring (bicyclic) bond motifs is 1. The predicted octanol–water partition coefficient (Wildman–Crippen LogP) is 3.40. The van der Waals surface area contributed by atoms with Gasteiger partial charge in [0, 0.05) is 25.1 Å². The number of hydrogen-bond donors (Lipinski definition) is 2. The van der Waals surface area contributed by atoms with E-state index in [4.69, 9.17) is 14.5 Å². The highest BCUT2D eigenvalue weighted by molar-refractivity contribution is 5.72. The number of nitrogens with zero attached hydrogens (tertiary/aromatic N) is 4. The summed E-state index contributed by atoms with van der Waals surface area (Å²) >= 11 is 0. The van der Waals surface area contributed by atoms with Gasteiger partial charge in [-0.3, -0.25) is 5.10 Å². The Morgan fingerprint density at radius 3 is 2.76 bits per heavy atom. The van der Waals surface area contributed by atoms with E-state index >= 15 is 0 Å².